The first-order valence-corrected chi connectivity index (χ1v) is 18.5. The van der Waals surface area contributed by atoms with Crippen molar-refractivity contribution in [1.29, 1.82) is 0 Å². The van der Waals surface area contributed by atoms with E-state index >= 15 is 0 Å². The summed E-state index contributed by atoms with van der Waals surface area (Å²) in [6.45, 7) is 8.68. The molecule has 0 aromatic heterocycles. The fourth-order valence-corrected chi connectivity index (χ4v) is 8.77. The number of carbonyl (C=O) groups excluding carboxylic acids is 5. The van der Waals surface area contributed by atoms with Crippen molar-refractivity contribution in [2.75, 3.05) is 6.61 Å². The van der Waals surface area contributed by atoms with E-state index < -0.39 is 113 Å². The predicted molar refractivity (Wildman–Crippen MR) is 194 cm³/mol. The molecular weight excluding hydrogens is 730 g/mol. The van der Waals surface area contributed by atoms with Crippen molar-refractivity contribution in [2.45, 2.75) is 120 Å². The smallest absolute Gasteiger partial charge is 0.408 e. The van der Waals surface area contributed by atoms with Crippen LogP contribution in [0.15, 0.2) is 71.8 Å². The third-order valence-corrected chi connectivity index (χ3v) is 11.5. The van der Waals surface area contributed by atoms with Crippen molar-refractivity contribution < 1.29 is 68.1 Å². The average Bonchev–Trinajstić information content (AvgIpc) is 3.13. The minimum Gasteiger partial charge on any atom is -0.456 e. The zero-order chi connectivity index (χ0) is 41.0. The maximum Gasteiger partial charge on any atom is 0.408 e. The van der Waals surface area contributed by atoms with Crippen LogP contribution in [0.25, 0.3) is 0 Å². The van der Waals surface area contributed by atoms with Gasteiger partial charge in [-0.05, 0) is 63.5 Å². The Bertz CT molecular complexity index is 1890. The van der Waals surface area contributed by atoms with E-state index in [2.05, 4.69) is 5.32 Å². The van der Waals surface area contributed by atoms with E-state index in [0.29, 0.717) is 5.56 Å². The van der Waals surface area contributed by atoms with Gasteiger partial charge in [-0.25, -0.2) is 14.4 Å². The van der Waals surface area contributed by atoms with Crippen LogP contribution >= 0.6 is 0 Å². The Hall–Kier alpha value is -4.67. The Morgan fingerprint density at radius 1 is 0.982 bits per heavy atom. The number of rotatable bonds is 8. The lowest BCUT2D eigenvalue weighted by Gasteiger charge is -2.65. The molecule has 302 valence electrons. The quantitative estimate of drug-likeness (QED) is 0.148. The number of ketones is 1. The summed E-state index contributed by atoms with van der Waals surface area (Å²) in [5.74, 6) is -5.29. The van der Waals surface area contributed by atoms with Crippen LogP contribution < -0.4 is 5.32 Å². The van der Waals surface area contributed by atoms with Gasteiger partial charge in [0.2, 0.25) is 0 Å². The summed E-state index contributed by atoms with van der Waals surface area (Å²) >= 11 is 0. The number of nitrogens with one attached hydrogen (secondary N) is 1. The van der Waals surface area contributed by atoms with E-state index in [1.54, 1.807) is 69.3 Å². The molecule has 0 radical (unpaired) electrons. The molecule has 2 aromatic rings. The molecule has 56 heavy (non-hydrogen) atoms. The summed E-state index contributed by atoms with van der Waals surface area (Å²) < 4.78 is 29.1. The second kappa shape index (κ2) is 15.0. The molecule has 6 rings (SSSR count). The third kappa shape index (κ3) is 7.34. The van der Waals surface area contributed by atoms with Crippen molar-refractivity contribution in [2.24, 2.45) is 11.3 Å². The number of aliphatic hydroxyl groups is 4. The van der Waals surface area contributed by atoms with Crippen LogP contribution in [-0.2, 0) is 38.1 Å². The standard InChI is InChI=1S/C41H49NO14/c1-21-25-18-40(51,19-26(21)53-36(49)31(46)29(23-13-9-7-10-14-23)42-37(50)56-38(3,4)5)34(54-35(48)24-15-11-8-12-16-24)32-39(6,33(47)30(25)45)27(44)17-28-41(32,20-52-28)55-22(2)43/h7-16,26-32,34,44-46,51H,17-20H2,1-6H3,(H,42,50)/t26-,27-,28?,29-,30+,31+,32?,34?,39?,40+,41-/m0/s1. The predicted octanol–water partition coefficient (Wildman–Crippen LogP) is 2.62. The first-order valence-electron chi connectivity index (χ1n) is 18.5. The number of esters is 3. The van der Waals surface area contributed by atoms with E-state index in [4.69, 9.17) is 23.7 Å². The minimum absolute atomic E-state index is 0.0521. The number of hydrogen-bond acceptors (Lipinski definition) is 14. The zero-order valence-electron chi connectivity index (χ0n) is 32.1. The second-order valence-electron chi connectivity index (χ2n) is 16.4. The van der Waals surface area contributed by atoms with Gasteiger partial charge in [-0.15, -0.1) is 0 Å². The number of ether oxygens (including phenoxy) is 5. The molecule has 11 atom stereocenters. The lowest BCUT2D eigenvalue weighted by Crippen LogP contribution is -2.80. The molecule has 15 heteroatoms. The SMILES string of the molecule is CC(=O)O[C@@]12COC1C[C@H](O)C1(C)C(=O)[C@H](O)C3=C(C)[C@@H](OC(=O)[C@H](O)[C@@H](NC(=O)OC(C)(C)C)c4ccccc4)C[C@](O)(C3)C(OC(=O)c3ccccc3)C12. The van der Waals surface area contributed by atoms with Gasteiger partial charge >= 0.3 is 24.0 Å². The van der Waals surface area contributed by atoms with Gasteiger partial charge in [-0.1, -0.05) is 48.5 Å². The summed E-state index contributed by atoms with van der Waals surface area (Å²) in [4.78, 5) is 68.1. The molecule has 2 saturated carbocycles. The van der Waals surface area contributed by atoms with Crippen molar-refractivity contribution in [1.82, 2.24) is 5.32 Å². The molecule has 15 nitrogen and oxygen atoms in total. The monoisotopic (exact) mass is 779 g/mol. The molecule has 3 aliphatic carbocycles. The Morgan fingerprint density at radius 3 is 2.18 bits per heavy atom. The van der Waals surface area contributed by atoms with Gasteiger partial charge < -0.3 is 49.4 Å². The van der Waals surface area contributed by atoms with E-state index in [0.717, 1.165) is 6.92 Å². The highest BCUT2D eigenvalue weighted by molar-refractivity contribution is 5.93. The Balaban J connectivity index is 1.43. The van der Waals surface area contributed by atoms with Crippen LogP contribution in [0.5, 0.6) is 0 Å². The van der Waals surface area contributed by atoms with Crippen molar-refractivity contribution in [3.63, 3.8) is 0 Å². The van der Waals surface area contributed by atoms with Crippen molar-refractivity contribution in [3.05, 3.63) is 82.9 Å². The molecule has 5 N–H and O–H groups in total. The highest BCUT2D eigenvalue weighted by Gasteiger charge is 2.75. The van der Waals surface area contributed by atoms with Gasteiger partial charge in [0.05, 0.1) is 35.6 Å². The van der Waals surface area contributed by atoms with Crippen LogP contribution in [-0.4, -0.2) is 110 Å². The largest absolute Gasteiger partial charge is 0.456 e. The Kier molecular flexibility index (Phi) is 11.0. The number of fused-ring (bicyclic) bond motifs is 5. The van der Waals surface area contributed by atoms with Gasteiger partial charge in [-0.2, -0.15) is 0 Å². The molecule has 4 aliphatic rings. The molecule has 1 heterocycles. The minimum atomic E-state index is -2.25. The van der Waals surface area contributed by atoms with Gasteiger partial charge in [0, 0.05) is 26.2 Å². The summed E-state index contributed by atoms with van der Waals surface area (Å²) in [6.07, 6.45) is -11.7. The maximum atomic E-state index is 14.7. The first-order chi connectivity index (χ1) is 26.2. The van der Waals surface area contributed by atoms with E-state index in [9.17, 15) is 44.4 Å². The highest BCUT2D eigenvalue weighted by Crippen LogP contribution is 2.60. The van der Waals surface area contributed by atoms with Crippen LogP contribution in [0.1, 0.15) is 82.8 Å². The first kappa shape index (κ1) is 41.0. The van der Waals surface area contributed by atoms with Gasteiger partial charge in [0.1, 0.15) is 35.6 Å². The molecule has 2 aromatic carbocycles. The normalized spacial score (nSPS) is 33.5. The second-order valence-corrected chi connectivity index (χ2v) is 16.4. The van der Waals surface area contributed by atoms with Gasteiger partial charge in [0.25, 0.3) is 0 Å². The van der Waals surface area contributed by atoms with Gasteiger partial charge in [-0.3, -0.25) is 9.59 Å². The Morgan fingerprint density at radius 2 is 1.61 bits per heavy atom. The van der Waals surface area contributed by atoms with Gasteiger partial charge in [0.15, 0.2) is 17.5 Å². The topological polar surface area (TPSA) is 224 Å². The lowest BCUT2D eigenvalue weighted by atomic mass is 9.48. The molecule has 1 aliphatic heterocycles. The summed E-state index contributed by atoms with van der Waals surface area (Å²) in [7, 11) is 0. The average molecular weight is 780 g/mol. The fraction of sp³-hybridized carbons (Fsp3) is 0.537. The van der Waals surface area contributed by atoms with Crippen LogP contribution in [0.2, 0.25) is 0 Å². The zero-order valence-corrected chi connectivity index (χ0v) is 32.1. The molecule has 3 fully saturated rings. The number of hydrogen-bond donors (Lipinski definition) is 5. The molecule has 0 spiro atoms. The van der Waals surface area contributed by atoms with E-state index in [1.807, 2.05) is 0 Å². The third-order valence-electron chi connectivity index (χ3n) is 11.5. The van der Waals surface area contributed by atoms with E-state index in [-0.39, 0.29) is 29.7 Å². The number of benzene rings is 2. The Labute approximate surface area is 323 Å². The van der Waals surface area contributed by atoms with Crippen molar-refractivity contribution >= 4 is 29.8 Å². The number of carbonyl (C=O) groups is 5. The van der Waals surface area contributed by atoms with Crippen molar-refractivity contribution in [3.8, 4) is 0 Å². The summed E-state index contributed by atoms with van der Waals surface area (Å²) in [5, 5.41) is 50.5. The molecule has 1 saturated heterocycles. The lowest BCUT2D eigenvalue weighted by molar-refractivity contribution is -0.340. The summed E-state index contributed by atoms with van der Waals surface area (Å²) in [5.41, 5.74) is -6.29. The van der Waals surface area contributed by atoms with E-state index in [1.165, 1.54) is 26.0 Å². The van der Waals surface area contributed by atoms with Crippen LogP contribution in [0.4, 0.5) is 4.79 Å². The fourth-order valence-electron chi connectivity index (χ4n) is 8.77. The number of Topliss-reactive ketones (excluding diaryl/α,β-unsaturated/α-hetero) is 1. The van der Waals surface area contributed by atoms with Crippen LogP contribution in [0.3, 0.4) is 0 Å². The highest BCUT2D eigenvalue weighted by atomic mass is 16.6. The molecule has 2 bridgehead atoms. The molecule has 4 unspecified atom stereocenters. The summed E-state index contributed by atoms with van der Waals surface area (Å²) in [6, 6.07) is 14.6. The molecular formula is C41H49NO14. The van der Waals surface area contributed by atoms with Crippen LogP contribution in [0, 0.1) is 11.3 Å². The number of aliphatic hydroxyl groups excluding tert-OH is 3. The number of alkyl carbamates (subject to hydrolysis) is 1. The molecule has 1 amide bonds. The maximum absolute atomic E-state index is 14.7. The number of amides is 1.